The Bertz CT molecular complexity index is 72.1. The largest absolute Gasteiger partial charge is 0.400 e. The number of hydrogen-bond donors (Lipinski definition) is 0. The van der Waals surface area contributed by atoms with Gasteiger partial charge in [0.15, 0.2) is 19.5 Å². The van der Waals surface area contributed by atoms with Crippen LogP contribution in [-0.4, -0.2) is 25.8 Å². The molecule has 0 radical (unpaired) electrons. The van der Waals surface area contributed by atoms with E-state index in [1.165, 1.54) is 0 Å². The molecule has 10 heavy (non-hydrogen) atoms. The highest BCUT2D eigenvalue weighted by Gasteiger charge is 2.10. The Balaban J connectivity index is 3.50. The number of rotatable bonds is 5. The molecule has 0 saturated heterocycles. The SMILES string of the molecule is C[SiH2]OC(O[SiH2]C)C(C)C. The van der Waals surface area contributed by atoms with Crippen LogP contribution in [0.5, 0.6) is 0 Å². The third-order valence-corrected chi connectivity index (χ3v) is 2.53. The monoisotopic (exact) mass is 178 g/mol. The van der Waals surface area contributed by atoms with Crippen LogP contribution in [0.2, 0.25) is 13.1 Å². The maximum Gasteiger partial charge on any atom is 0.161 e. The van der Waals surface area contributed by atoms with Gasteiger partial charge in [-0.1, -0.05) is 26.9 Å². The van der Waals surface area contributed by atoms with E-state index in [9.17, 15) is 0 Å². The molecule has 2 nitrogen and oxygen atoms in total. The second kappa shape index (κ2) is 6.09. The first-order chi connectivity index (χ1) is 4.72. The van der Waals surface area contributed by atoms with Gasteiger partial charge in [-0.25, -0.2) is 0 Å². The van der Waals surface area contributed by atoms with E-state index < -0.39 is 0 Å². The van der Waals surface area contributed by atoms with Gasteiger partial charge in [-0.3, -0.25) is 0 Å². The topological polar surface area (TPSA) is 18.5 Å². The fraction of sp³-hybridized carbons (Fsp3) is 1.00. The van der Waals surface area contributed by atoms with Gasteiger partial charge in [0.25, 0.3) is 0 Å². The van der Waals surface area contributed by atoms with Crippen molar-refractivity contribution in [1.82, 2.24) is 0 Å². The first-order valence-corrected chi connectivity index (χ1v) is 7.93. The summed E-state index contributed by atoms with van der Waals surface area (Å²) in [6.45, 7) is 8.55. The van der Waals surface area contributed by atoms with E-state index >= 15 is 0 Å². The Hall–Kier alpha value is 0.354. The molecule has 0 N–H and O–H groups in total. The zero-order chi connectivity index (χ0) is 7.98. The van der Waals surface area contributed by atoms with Crippen LogP contribution in [0.4, 0.5) is 0 Å². The molecule has 0 aromatic rings. The van der Waals surface area contributed by atoms with E-state index in [-0.39, 0.29) is 25.8 Å². The summed E-state index contributed by atoms with van der Waals surface area (Å²) in [7, 11) is -0.599. The fourth-order valence-electron chi connectivity index (χ4n) is 0.762. The smallest absolute Gasteiger partial charge is 0.161 e. The highest BCUT2D eigenvalue weighted by atomic mass is 28.2. The standard InChI is InChI=1S/C6H18O2Si2/c1-5(2)6(7-9-3)8-10-4/h5-6H,9-10H2,1-4H3. The minimum absolute atomic E-state index is 0.105. The van der Waals surface area contributed by atoms with Gasteiger partial charge in [0, 0.05) is 5.92 Å². The molecule has 0 spiro atoms. The lowest BCUT2D eigenvalue weighted by Gasteiger charge is -2.21. The van der Waals surface area contributed by atoms with Gasteiger partial charge < -0.3 is 8.85 Å². The van der Waals surface area contributed by atoms with Gasteiger partial charge in [0.05, 0.1) is 0 Å². The molecule has 4 heteroatoms. The first kappa shape index (κ1) is 10.4. The van der Waals surface area contributed by atoms with Gasteiger partial charge in [-0.2, -0.15) is 0 Å². The molecule has 0 aliphatic rings. The van der Waals surface area contributed by atoms with E-state index in [1.807, 2.05) is 0 Å². The van der Waals surface area contributed by atoms with Crippen LogP contribution in [0.15, 0.2) is 0 Å². The van der Waals surface area contributed by atoms with E-state index in [4.69, 9.17) is 8.85 Å². The second-order valence-electron chi connectivity index (χ2n) is 2.52. The molecular weight excluding hydrogens is 160 g/mol. The molecule has 62 valence electrons. The van der Waals surface area contributed by atoms with E-state index in [1.54, 1.807) is 0 Å². The van der Waals surface area contributed by atoms with E-state index in [0.29, 0.717) is 5.92 Å². The summed E-state index contributed by atoms with van der Waals surface area (Å²) in [4.78, 5) is 0. The normalized spacial score (nSPS) is 16.5. The van der Waals surface area contributed by atoms with Gasteiger partial charge >= 0.3 is 0 Å². The third kappa shape index (κ3) is 4.21. The van der Waals surface area contributed by atoms with Gasteiger partial charge in [-0.15, -0.1) is 0 Å². The lowest BCUT2D eigenvalue weighted by atomic mass is 10.2. The predicted molar refractivity (Wildman–Crippen MR) is 49.6 cm³/mol. The molecule has 0 unspecified atom stereocenters. The fourth-order valence-corrected chi connectivity index (χ4v) is 2.57. The molecule has 0 aliphatic carbocycles. The molecule has 0 bridgehead atoms. The minimum atomic E-state index is -0.299. The van der Waals surface area contributed by atoms with E-state index in [2.05, 4.69) is 26.9 Å². The molecule has 0 saturated carbocycles. The van der Waals surface area contributed by atoms with Crippen molar-refractivity contribution in [2.45, 2.75) is 33.2 Å². The summed E-state index contributed by atoms with van der Waals surface area (Å²) < 4.78 is 11.0. The Morgan fingerprint density at radius 1 is 1.00 bits per heavy atom. The first-order valence-electron chi connectivity index (χ1n) is 3.95. The average Bonchev–Trinajstić information content (AvgIpc) is 1.87. The van der Waals surface area contributed by atoms with Crippen LogP contribution in [0.25, 0.3) is 0 Å². The van der Waals surface area contributed by atoms with Crippen molar-refractivity contribution in [3.8, 4) is 0 Å². The van der Waals surface area contributed by atoms with Crippen molar-refractivity contribution in [3.05, 3.63) is 0 Å². The zero-order valence-corrected chi connectivity index (χ0v) is 10.2. The Labute approximate surface area is 68.2 Å². The maximum atomic E-state index is 5.50. The summed E-state index contributed by atoms with van der Waals surface area (Å²) in [6.07, 6.45) is 0.105. The average molecular weight is 178 g/mol. The van der Waals surface area contributed by atoms with Crippen LogP contribution in [0, 0.1) is 5.92 Å². The molecule has 0 aliphatic heterocycles. The summed E-state index contributed by atoms with van der Waals surface area (Å²) in [6, 6.07) is 0. The highest BCUT2D eigenvalue weighted by molar-refractivity contribution is 6.26. The maximum absolute atomic E-state index is 5.50. The van der Waals surface area contributed by atoms with Crippen LogP contribution >= 0.6 is 0 Å². The third-order valence-electron chi connectivity index (χ3n) is 1.21. The van der Waals surface area contributed by atoms with Crippen LogP contribution in [0.1, 0.15) is 13.8 Å². The highest BCUT2D eigenvalue weighted by Crippen LogP contribution is 2.06. The molecule has 0 aromatic carbocycles. The summed E-state index contributed by atoms with van der Waals surface area (Å²) in [5.41, 5.74) is 0. The van der Waals surface area contributed by atoms with Crippen LogP contribution < -0.4 is 0 Å². The molecule has 0 atom stereocenters. The minimum Gasteiger partial charge on any atom is -0.400 e. The molecule has 0 rings (SSSR count). The summed E-state index contributed by atoms with van der Waals surface area (Å²) in [5.74, 6) is 0.514. The Morgan fingerprint density at radius 2 is 1.40 bits per heavy atom. The Kier molecular flexibility index (Phi) is 6.30. The molecule has 0 heterocycles. The van der Waals surface area contributed by atoms with Crippen molar-refractivity contribution in [2.75, 3.05) is 0 Å². The molecule has 0 fully saturated rings. The van der Waals surface area contributed by atoms with Crippen molar-refractivity contribution >= 4 is 19.5 Å². The molecule has 0 aromatic heterocycles. The number of hydrogen-bond acceptors (Lipinski definition) is 2. The van der Waals surface area contributed by atoms with Crippen molar-refractivity contribution in [1.29, 1.82) is 0 Å². The van der Waals surface area contributed by atoms with Gasteiger partial charge in [0.2, 0.25) is 0 Å². The molecule has 0 amide bonds. The summed E-state index contributed by atoms with van der Waals surface area (Å²) in [5, 5.41) is 0. The second-order valence-corrected chi connectivity index (χ2v) is 4.34. The van der Waals surface area contributed by atoms with Gasteiger partial charge in [0.1, 0.15) is 6.29 Å². The van der Waals surface area contributed by atoms with Crippen LogP contribution in [0.3, 0.4) is 0 Å². The van der Waals surface area contributed by atoms with Crippen molar-refractivity contribution in [2.24, 2.45) is 5.92 Å². The predicted octanol–water partition coefficient (Wildman–Crippen LogP) is 0.265. The summed E-state index contributed by atoms with van der Waals surface area (Å²) >= 11 is 0. The van der Waals surface area contributed by atoms with Crippen molar-refractivity contribution in [3.63, 3.8) is 0 Å². The van der Waals surface area contributed by atoms with E-state index in [0.717, 1.165) is 0 Å². The van der Waals surface area contributed by atoms with Crippen molar-refractivity contribution < 1.29 is 8.85 Å². The van der Waals surface area contributed by atoms with Crippen LogP contribution in [-0.2, 0) is 8.85 Å². The zero-order valence-electron chi connectivity index (χ0n) is 7.39. The lowest BCUT2D eigenvalue weighted by molar-refractivity contribution is -0.0254. The quantitative estimate of drug-likeness (QED) is 0.444. The molecular formula is C6H18O2Si2. The lowest BCUT2D eigenvalue weighted by Crippen LogP contribution is -2.25. The van der Waals surface area contributed by atoms with Gasteiger partial charge in [-0.05, 0) is 0 Å². The Morgan fingerprint density at radius 3 is 1.60 bits per heavy atom.